The number of hydrogen-bond acceptors (Lipinski definition) is 4. The van der Waals surface area contributed by atoms with E-state index in [1.165, 1.54) is 0 Å². The molecule has 2 amide bonds. The van der Waals surface area contributed by atoms with Gasteiger partial charge in [-0.05, 0) is 85.1 Å². The molecule has 2 atom stereocenters. The number of amides is 2. The Hall–Kier alpha value is -4.84. The van der Waals surface area contributed by atoms with E-state index in [2.05, 4.69) is 0 Å². The van der Waals surface area contributed by atoms with Gasteiger partial charge in [0.05, 0.1) is 20.3 Å². The molecular weight excluding hydrogens is 500 g/mol. The smallest absolute Gasteiger partial charge is 0.258 e. The summed E-state index contributed by atoms with van der Waals surface area (Å²) < 4.78 is 10.5. The molecule has 5 rings (SSSR count). The van der Waals surface area contributed by atoms with Gasteiger partial charge in [-0.1, -0.05) is 48.5 Å². The lowest BCUT2D eigenvalue weighted by atomic mass is 9.89. The van der Waals surface area contributed by atoms with Crippen molar-refractivity contribution in [3.8, 4) is 11.5 Å². The van der Waals surface area contributed by atoms with Crippen LogP contribution in [-0.2, 0) is 4.79 Å². The lowest BCUT2D eigenvalue weighted by Crippen LogP contribution is -2.47. The minimum absolute atomic E-state index is 0.0851. The maximum absolute atomic E-state index is 13.9. The maximum atomic E-state index is 13.9. The van der Waals surface area contributed by atoms with E-state index in [9.17, 15) is 9.59 Å². The van der Waals surface area contributed by atoms with Crippen LogP contribution in [0.3, 0.4) is 0 Å². The fraction of sp³-hybridized carbons (Fsp3) is 0.176. The molecule has 0 bridgehead atoms. The molecule has 1 aliphatic rings. The first-order chi connectivity index (χ1) is 19.5. The summed E-state index contributed by atoms with van der Waals surface area (Å²) in [6.07, 6.45) is 4.00. The molecule has 0 aromatic heterocycles. The highest BCUT2D eigenvalue weighted by atomic mass is 16.5. The van der Waals surface area contributed by atoms with E-state index in [4.69, 9.17) is 9.47 Å². The number of benzene rings is 4. The first-order valence-corrected chi connectivity index (χ1v) is 13.3. The normalized spacial score (nSPS) is 16.3. The Kier molecular flexibility index (Phi) is 7.97. The van der Waals surface area contributed by atoms with Gasteiger partial charge in [0.15, 0.2) is 0 Å². The van der Waals surface area contributed by atoms with Crippen molar-refractivity contribution in [3.05, 3.63) is 126 Å². The van der Waals surface area contributed by atoms with Crippen LogP contribution in [0.15, 0.2) is 109 Å². The van der Waals surface area contributed by atoms with Gasteiger partial charge in [0, 0.05) is 29.1 Å². The van der Waals surface area contributed by atoms with Gasteiger partial charge in [-0.25, -0.2) is 0 Å². The van der Waals surface area contributed by atoms with Crippen LogP contribution in [0.5, 0.6) is 11.5 Å². The number of carbonyl (C=O) groups excluding carboxylic acids is 2. The Morgan fingerprint density at radius 1 is 0.800 bits per heavy atom. The second-order valence-corrected chi connectivity index (χ2v) is 9.71. The van der Waals surface area contributed by atoms with E-state index in [0.717, 1.165) is 28.3 Å². The van der Waals surface area contributed by atoms with E-state index in [0.29, 0.717) is 17.7 Å². The van der Waals surface area contributed by atoms with Gasteiger partial charge >= 0.3 is 0 Å². The third-order valence-corrected chi connectivity index (χ3v) is 7.23. The van der Waals surface area contributed by atoms with Crippen LogP contribution in [0.2, 0.25) is 0 Å². The number of methoxy groups -OCH3 is 2. The zero-order valence-corrected chi connectivity index (χ0v) is 22.9. The number of rotatable bonds is 7. The molecule has 0 fully saturated rings. The van der Waals surface area contributed by atoms with E-state index in [1.54, 1.807) is 44.6 Å². The Labute approximate surface area is 235 Å². The van der Waals surface area contributed by atoms with Crippen molar-refractivity contribution in [3.63, 3.8) is 0 Å². The SMILES string of the molecule is COc1ccc(/C=C/C(=O)N(c2ccccc2)C2CC(C)N(C(=O)c3ccc(OC)cc3)c3ccccc32)cc1. The fourth-order valence-corrected chi connectivity index (χ4v) is 5.22. The summed E-state index contributed by atoms with van der Waals surface area (Å²) in [5, 5.41) is 0. The lowest BCUT2D eigenvalue weighted by Gasteiger charge is -2.43. The summed E-state index contributed by atoms with van der Waals surface area (Å²) in [7, 11) is 3.23. The molecule has 1 heterocycles. The highest BCUT2D eigenvalue weighted by Gasteiger charge is 2.38. The molecule has 6 nitrogen and oxygen atoms in total. The zero-order valence-electron chi connectivity index (χ0n) is 22.9. The van der Waals surface area contributed by atoms with Gasteiger partial charge in [0.2, 0.25) is 0 Å². The van der Waals surface area contributed by atoms with Crippen LogP contribution in [0.4, 0.5) is 11.4 Å². The summed E-state index contributed by atoms with van der Waals surface area (Å²) in [5.74, 6) is 1.24. The van der Waals surface area contributed by atoms with Crippen molar-refractivity contribution >= 4 is 29.3 Å². The molecule has 2 unspecified atom stereocenters. The van der Waals surface area contributed by atoms with Crippen molar-refractivity contribution in [2.45, 2.75) is 25.4 Å². The van der Waals surface area contributed by atoms with Gasteiger partial charge in [0.25, 0.3) is 11.8 Å². The van der Waals surface area contributed by atoms with Crippen molar-refractivity contribution in [1.82, 2.24) is 0 Å². The number of para-hydroxylation sites is 2. The van der Waals surface area contributed by atoms with E-state index < -0.39 is 0 Å². The molecule has 6 heteroatoms. The van der Waals surface area contributed by atoms with Crippen molar-refractivity contribution in [2.75, 3.05) is 24.0 Å². The minimum atomic E-state index is -0.262. The van der Waals surface area contributed by atoms with Crippen LogP contribution in [-0.4, -0.2) is 32.1 Å². The molecule has 1 aliphatic heterocycles. The molecule has 0 N–H and O–H groups in total. The van der Waals surface area contributed by atoms with Crippen LogP contribution >= 0.6 is 0 Å². The molecule has 202 valence electrons. The second-order valence-electron chi connectivity index (χ2n) is 9.71. The van der Waals surface area contributed by atoms with Crippen molar-refractivity contribution in [1.29, 1.82) is 0 Å². The van der Waals surface area contributed by atoms with E-state index in [-0.39, 0.29) is 23.9 Å². The Bertz CT molecular complexity index is 1500. The molecule has 0 saturated heterocycles. The molecule has 0 radical (unpaired) electrons. The highest BCUT2D eigenvalue weighted by Crippen LogP contribution is 2.43. The Balaban J connectivity index is 1.51. The second kappa shape index (κ2) is 11.9. The van der Waals surface area contributed by atoms with Crippen LogP contribution in [0.1, 0.15) is 40.9 Å². The van der Waals surface area contributed by atoms with Crippen molar-refractivity contribution < 1.29 is 19.1 Å². The summed E-state index contributed by atoms with van der Waals surface area (Å²) >= 11 is 0. The predicted molar refractivity (Wildman–Crippen MR) is 159 cm³/mol. The third-order valence-electron chi connectivity index (χ3n) is 7.23. The van der Waals surface area contributed by atoms with Crippen LogP contribution < -0.4 is 19.3 Å². The monoisotopic (exact) mass is 532 g/mol. The van der Waals surface area contributed by atoms with Gasteiger partial charge < -0.3 is 19.3 Å². The van der Waals surface area contributed by atoms with Gasteiger partial charge in [0.1, 0.15) is 11.5 Å². The molecule has 0 saturated carbocycles. The average molecular weight is 533 g/mol. The molecule has 4 aromatic rings. The third kappa shape index (κ3) is 5.47. The maximum Gasteiger partial charge on any atom is 0.258 e. The fourth-order valence-electron chi connectivity index (χ4n) is 5.22. The number of hydrogen-bond donors (Lipinski definition) is 0. The highest BCUT2D eigenvalue weighted by molar-refractivity contribution is 6.08. The van der Waals surface area contributed by atoms with Crippen molar-refractivity contribution in [2.24, 2.45) is 0 Å². The summed E-state index contributed by atoms with van der Waals surface area (Å²) in [5.41, 5.74) is 4.02. The molecule has 0 aliphatic carbocycles. The number of carbonyl (C=O) groups is 2. The van der Waals surface area contributed by atoms with Crippen LogP contribution in [0.25, 0.3) is 6.08 Å². The van der Waals surface area contributed by atoms with Crippen LogP contribution in [0, 0.1) is 0 Å². The number of ether oxygens (including phenoxy) is 2. The quantitative estimate of drug-likeness (QED) is 0.242. The molecule has 0 spiro atoms. The minimum Gasteiger partial charge on any atom is -0.497 e. The number of anilines is 2. The molecule has 40 heavy (non-hydrogen) atoms. The predicted octanol–water partition coefficient (Wildman–Crippen LogP) is 6.93. The summed E-state index contributed by atoms with van der Waals surface area (Å²) in [4.78, 5) is 31.3. The summed E-state index contributed by atoms with van der Waals surface area (Å²) in [6.45, 7) is 2.03. The summed E-state index contributed by atoms with van der Waals surface area (Å²) in [6, 6.07) is 31.8. The number of nitrogens with zero attached hydrogens (tertiary/aromatic N) is 2. The zero-order chi connectivity index (χ0) is 28.1. The van der Waals surface area contributed by atoms with E-state index in [1.807, 2.05) is 102 Å². The number of fused-ring (bicyclic) bond motifs is 1. The van der Waals surface area contributed by atoms with Gasteiger partial charge in [-0.15, -0.1) is 0 Å². The largest absolute Gasteiger partial charge is 0.497 e. The Morgan fingerprint density at radius 2 is 1.40 bits per heavy atom. The first kappa shape index (κ1) is 26.8. The Morgan fingerprint density at radius 3 is 2.05 bits per heavy atom. The molecule has 4 aromatic carbocycles. The first-order valence-electron chi connectivity index (χ1n) is 13.3. The molecular formula is C34H32N2O4. The standard InChI is InChI=1S/C34H32N2O4/c1-24-23-32(30-11-7-8-12-31(30)35(24)34(38)26-16-20-29(40-3)21-17-26)36(27-9-5-4-6-10-27)33(37)22-15-25-13-18-28(39-2)19-14-25/h4-22,24,32H,23H2,1-3H3/b22-15+. The van der Waals surface area contributed by atoms with Gasteiger partial charge in [-0.2, -0.15) is 0 Å². The topological polar surface area (TPSA) is 59.1 Å². The average Bonchev–Trinajstić information content (AvgIpc) is 3.00. The lowest BCUT2D eigenvalue weighted by molar-refractivity contribution is -0.114. The van der Waals surface area contributed by atoms with Gasteiger partial charge in [-0.3, -0.25) is 9.59 Å². The van der Waals surface area contributed by atoms with E-state index >= 15 is 0 Å².